The molecule has 1 saturated heterocycles. The highest BCUT2D eigenvalue weighted by Gasteiger charge is 2.41. The van der Waals surface area contributed by atoms with Crippen LogP contribution in [0.25, 0.3) is 0 Å². The molecule has 0 unspecified atom stereocenters. The lowest BCUT2D eigenvalue weighted by Crippen LogP contribution is -2.46. The summed E-state index contributed by atoms with van der Waals surface area (Å²) >= 11 is 0. The van der Waals surface area contributed by atoms with Crippen LogP contribution < -0.4 is 5.32 Å². The first kappa shape index (κ1) is 16.3. The van der Waals surface area contributed by atoms with Gasteiger partial charge in [0, 0.05) is 45.1 Å². The van der Waals surface area contributed by atoms with Gasteiger partial charge in [0.2, 0.25) is 0 Å². The van der Waals surface area contributed by atoms with Crippen LogP contribution in [0.2, 0.25) is 0 Å². The van der Waals surface area contributed by atoms with E-state index >= 15 is 0 Å². The van der Waals surface area contributed by atoms with Crippen LogP contribution >= 0.6 is 0 Å². The quantitative estimate of drug-likeness (QED) is 0.915. The molecule has 1 spiro atoms. The molecule has 0 atom stereocenters. The van der Waals surface area contributed by atoms with Gasteiger partial charge in [-0.2, -0.15) is 5.10 Å². The Bertz CT molecular complexity index is 554. The second-order valence-electron chi connectivity index (χ2n) is 6.65. The molecule has 0 radical (unpaired) electrons. The Hall–Kier alpha value is -1.60. The number of nitrogens with one attached hydrogen (secondary N) is 1. The monoisotopic (exact) mass is 322 g/mol. The zero-order valence-corrected chi connectivity index (χ0v) is 14.0. The molecule has 3 rings (SSSR count). The maximum Gasteiger partial charge on any atom is 0.323 e. The molecule has 1 aliphatic carbocycles. The van der Waals surface area contributed by atoms with E-state index in [0.717, 1.165) is 38.1 Å². The molecule has 1 aliphatic heterocycles. The second kappa shape index (κ2) is 6.88. The van der Waals surface area contributed by atoms with Crippen molar-refractivity contribution < 1.29 is 14.3 Å². The molecule has 1 aromatic rings. The van der Waals surface area contributed by atoms with Crippen molar-refractivity contribution in [2.75, 3.05) is 45.3 Å². The van der Waals surface area contributed by atoms with Crippen molar-refractivity contribution in [3.63, 3.8) is 0 Å². The van der Waals surface area contributed by atoms with Crippen LogP contribution in [0.15, 0.2) is 6.07 Å². The van der Waals surface area contributed by atoms with Crippen molar-refractivity contribution in [3.8, 4) is 0 Å². The van der Waals surface area contributed by atoms with E-state index in [2.05, 4.69) is 10.4 Å². The van der Waals surface area contributed by atoms with Gasteiger partial charge in [0.25, 0.3) is 0 Å². The molecule has 2 aliphatic rings. The number of nitrogens with zero attached hydrogens (tertiary/aromatic N) is 3. The van der Waals surface area contributed by atoms with E-state index in [1.165, 1.54) is 6.42 Å². The first-order valence-corrected chi connectivity index (χ1v) is 8.27. The Morgan fingerprint density at radius 3 is 3.04 bits per heavy atom. The molecule has 2 fully saturated rings. The lowest BCUT2D eigenvalue weighted by molar-refractivity contribution is 0.0130. The lowest BCUT2D eigenvalue weighted by Gasteiger charge is -2.42. The average Bonchev–Trinajstić information content (AvgIpc) is 2.73. The van der Waals surface area contributed by atoms with Crippen LogP contribution in [0.4, 0.5) is 10.6 Å². The molecular weight excluding hydrogens is 296 g/mol. The Labute approximate surface area is 136 Å². The minimum absolute atomic E-state index is 0.0666. The summed E-state index contributed by atoms with van der Waals surface area (Å²) in [6.07, 6.45) is 4.29. The number of anilines is 1. The molecule has 2 amide bonds. The molecule has 7 nitrogen and oxygen atoms in total. The van der Waals surface area contributed by atoms with Gasteiger partial charge < -0.3 is 14.4 Å². The van der Waals surface area contributed by atoms with Crippen LogP contribution in [-0.2, 0) is 22.9 Å². The predicted octanol–water partition coefficient (Wildman–Crippen LogP) is 1.64. The van der Waals surface area contributed by atoms with E-state index in [1.807, 2.05) is 18.0 Å². The number of urea groups is 1. The molecular formula is C16H26N4O3. The maximum absolute atomic E-state index is 12.6. The Balaban J connectivity index is 1.62. The summed E-state index contributed by atoms with van der Waals surface area (Å²) in [7, 11) is 3.51. The molecule has 1 aromatic heterocycles. The van der Waals surface area contributed by atoms with Crippen LogP contribution in [0.5, 0.6) is 0 Å². The third-order valence-corrected chi connectivity index (χ3v) is 4.87. The first-order chi connectivity index (χ1) is 11.1. The summed E-state index contributed by atoms with van der Waals surface area (Å²) in [5.74, 6) is 0.717. The van der Waals surface area contributed by atoms with Crippen LogP contribution in [0.1, 0.15) is 25.0 Å². The Kier molecular flexibility index (Phi) is 4.87. The Morgan fingerprint density at radius 1 is 1.52 bits per heavy atom. The first-order valence-electron chi connectivity index (χ1n) is 8.27. The maximum atomic E-state index is 12.6. The highest BCUT2D eigenvalue weighted by atomic mass is 16.5. The molecule has 23 heavy (non-hydrogen) atoms. The van der Waals surface area contributed by atoms with Gasteiger partial charge in [0.15, 0.2) is 0 Å². The van der Waals surface area contributed by atoms with Crippen molar-refractivity contribution in [2.45, 2.75) is 25.7 Å². The van der Waals surface area contributed by atoms with Crippen molar-refractivity contribution in [3.05, 3.63) is 11.8 Å². The standard InChI is InChI=1S/C16H26N4O3/c1-19-14(10-13(18-19)4-8-22-2)17-15(21)20-7-9-23-12-16(11-20)5-3-6-16/h10H,3-9,11-12H2,1-2H3,(H,17,21). The fourth-order valence-corrected chi connectivity index (χ4v) is 3.31. The number of aryl methyl sites for hydroxylation is 1. The number of hydrogen-bond acceptors (Lipinski definition) is 4. The van der Waals surface area contributed by atoms with Gasteiger partial charge >= 0.3 is 6.03 Å². The lowest BCUT2D eigenvalue weighted by atomic mass is 9.69. The van der Waals surface area contributed by atoms with E-state index in [4.69, 9.17) is 9.47 Å². The molecule has 1 saturated carbocycles. The number of amides is 2. The van der Waals surface area contributed by atoms with Gasteiger partial charge in [-0.25, -0.2) is 4.79 Å². The summed E-state index contributed by atoms with van der Waals surface area (Å²) in [4.78, 5) is 14.5. The number of carbonyl (C=O) groups is 1. The summed E-state index contributed by atoms with van der Waals surface area (Å²) in [5.41, 5.74) is 1.10. The third kappa shape index (κ3) is 3.67. The zero-order valence-electron chi connectivity index (χ0n) is 14.0. The second-order valence-corrected chi connectivity index (χ2v) is 6.65. The van der Waals surface area contributed by atoms with Crippen molar-refractivity contribution >= 4 is 11.8 Å². The largest absolute Gasteiger partial charge is 0.384 e. The van der Waals surface area contributed by atoms with Crippen molar-refractivity contribution in [2.24, 2.45) is 12.5 Å². The van der Waals surface area contributed by atoms with E-state index in [0.29, 0.717) is 25.6 Å². The number of ether oxygens (including phenoxy) is 2. The summed E-state index contributed by atoms with van der Waals surface area (Å²) in [5, 5.41) is 7.38. The van der Waals surface area contributed by atoms with Crippen molar-refractivity contribution in [1.82, 2.24) is 14.7 Å². The van der Waals surface area contributed by atoms with Crippen LogP contribution in [-0.4, -0.2) is 60.7 Å². The zero-order chi connectivity index (χ0) is 16.3. The number of rotatable bonds is 4. The van der Waals surface area contributed by atoms with Gasteiger partial charge in [-0.05, 0) is 12.8 Å². The van der Waals surface area contributed by atoms with Gasteiger partial charge in [-0.3, -0.25) is 10.00 Å². The Morgan fingerprint density at radius 2 is 2.35 bits per heavy atom. The number of carbonyl (C=O) groups excluding carboxylic acids is 1. The van der Waals surface area contributed by atoms with E-state index in [-0.39, 0.29) is 11.4 Å². The molecule has 7 heteroatoms. The molecule has 1 N–H and O–H groups in total. The minimum Gasteiger partial charge on any atom is -0.384 e. The van der Waals surface area contributed by atoms with Gasteiger partial charge in [0.05, 0.1) is 25.5 Å². The van der Waals surface area contributed by atoms with Gasteiger partial charge in [-0.1, -0.05) is 6.42 Å². The molecule has 128 valence electrons. The van der Waals surface area contributed by atoms with Crippen LogP contribution in [0.3, 0.4) is 0 Å². The van der Waals surface area contributed by atoms with E-state index in [1.54, 1.807) is 11.8 Å². The molecule has 2 heterocycles. The highest BCUT2D eigenvalue weighted by Crippen LogP contribution is 2.42. The highest BCUT2D eigenvalue weighted by molar-refractivity contribution is 5.88. The minimum atomic E-state index is -0.0666. The van der Waals surface area contributed by atoms with E-state index < -0.39 is 0 Å². The fraction of sp³-hybridized carbons (Fsp3) is 0.750. The molecule has 0 aromatic carbocycles. The van der Waals surface area contributed by atoms with Gasteiger partial charge in [-0.15, -0.1) is 0 Å². The number of aromatic nitrogens is 2. The fourth-order valence-electron chi connectivity index (χ4n) is 3.31. The van der Waals surface area contributed by atoms with E-state index in [9.17, 15) is 4.79 Å². The smallest absolute Gasteiger partial charge is 0.323 e. The predicted molar refractivity (Wildman–Crippen MR) is 86.5 cm³/mol. The average molecular weight is 322 g/mol. The number of methoxy groups -OCH3 is 1. The third-order valence-electron chi connectivity index (χ3n) is 4.87. The number of hydrogen-bond donors (Lipinski definition) is 1. The topological polar surface area (TPSA) is 68.6 Å². The summed E-state index contributed by atoms with van der Waals surface area (Å²) in [6.45, 7) is 3.44. The SMILES string of the molecule is COCCc1cc(NC(=O)N2CCOCC3(CCC3)C2)n(C)n1. The normalized spacial score (nSPS) is 20.2. The summed E-state index contributed by atoms with van der Waals surface area (Å²) in [6, 6.07) is 1.84. The summed E-state index contributed by atoms with van der Waals surface area (Å²) < 4.78 is 12.5. The molecule has 0 bridgehead atoms. The van der Waals surface area contributed by atoms with Crippen molar-refractivity contribution in [1.29, 1.82) is 0 Å². The van der Waals surface area contributed by atoms with Crippen LogP contribution in [0, 0.1) is 5.41 Å². The van der Waals surface area contributed by atoms with Gasteiger partial charge in [0.1, 0.15) is 5.82 Å².